The molecule has 0 saturated carbocycles. The predicted octanol–water partition coefficient (Wildman–Crippen LogP) is 7.34. The summed E-state index contributed by atoms with van der Waals surface area (Å²) in [6, 6.07) is 26.4. The van der Waals surface area contributed by atoms with E-state index in [0.717, 1.165) is 63.7 Å². The van der Waals surface area contributed by atoms with Crippen molar-refractivity contribution in [2.45, 2.75) is 51.9 Å². The SMILES string of the molecule is COC(=O)C[C@@H]1COc2cc(OCc3cc(-c4c(C)cc(OC5CCOC5)cc4C)ccc3OCc3ccccc3)ccc21. The molecule has 44 heavy (non-hydrogen) atoms. The van der Waals surface area contributed by atoms with E-state index in [1.807, 2.05) is 42.5 Å². The van der Waals surface area contributed by atoms with Crippen molar-refractivity contribution in [1.82, 2.24) is 0 Å². The minimum absolute atomic E-state index is 0.0177. The number of aryl methyl sites for hydroxylation is 2. The van der Waals surface area contributed by atoms with Gasteiger partial charge in [0.2, 0.25) is 0 Å². The lowest BCUT2D eigenvalue weighted by atomic mass is 9.94. The van der Waals surface area contributed by atoms with Crippen molar-refractivity contribution >= 4 is 5.97 Å². The van der Waals surface area contributed by atoms with Gasteiger partial charge in [0.05, 0.1) is 33.4 Å². The molecule has 2 aliphatic heterocycles. The van der Waals surface area contributed by atoms with Crippen molar-refractivity contribution in [3.8, 4) is 34.1 Å². The Hall–Kier alpha value is -4.49. The molecular formula is C37H38O7. The molecule has 1 unspecified atom stereocenters. The molecule has 0 N–H and O–H groups in total. The van der Waals surface area contributed by atoms with Crippen molar-refractivity contribution < 1.29 is 33.2 Å². The molecule has 0 spiro atoms. The van der Waals surface area contributed by atoms with Crippen LogP contribution in [0.3, 0.4) is 0 Å². The third-order valence-corrected chi connectivity index (χ3v) is 8.18. The van der Waals surface area contributed by atoms with Crippen LogP contribution in [-0.4, -0.2) is 39.0 Å². The highest BCUT2D eigenvalue weighted by molar-refractivity contribution is 5.73. The van der Waals surface area contributed by atoms with Gasteiger partial charge < -0.3 is 28.4 Å². The Morgan fingerprint density at radius 2 is 1.68 bits per heavy atom. The van der Waals surface area contributed by atoms with Crippen LogP contribution in [0.1, 0.15) is 46.6 Å². The maximum Gasteiger partial charge on any atom is 0.306 e. The van der Waals surface area contributed by atoms with Gasteiger partial charge in [0.1, 0.15) is 42.3 Å². The van der Waals surface area contributed by atoms with Crippen molar-refractivity contribution in [2.24, 2.45) is 0 Å². The first-order valence-corrected chi connectivity index (χ1v) is 15.1. The predicted molar refractivity (Wildman–Crippen MR) is 168 cm³/mol. The number of fused-ring (bicyclic) bond motifs is 1. The fourth-order valence-corrected chi connectivity index (χ4v) is 5.93. The quantitative estimate of drug-likeness (QED) is 0.168. The number of ether oxygens (including phenoxy) is 6. The third-order valence-electron chi connectivity index (χ3n) is 8.18. The first kappa shape index (κ1) is 29.6. The van der Waals surface area contributed by atoms with E-state index < -0.39 is 0 Å². The van der Waals surface area contributed by atoms with E-state index in [4.69, 9.17) is 28.4 Å². The summed E-state index contributed by atoms with van der Waals surface area (Å²) in [5.41, 5.74) is 7.56. The molecule has 2 aliphatic rings. The molecular weight excluding hydrogens is 556 g/mol. The summed E-state index contributed by atoms with van der Waals surface area (Å²) >= 11 is 0. The molecule has 2 atom stereocenters. The second kappa shape index (κ2) is 13.4. The van der Waals surface area contributed by atoms with Gasteiger partial charge in [0, 0.05) is 29.5 Å². The number of hydrogen-bond acceptors (Lipinski definition) is 7. The van der Waals surface area contributed by atoms with E-state index in [0.29, 0.717) is 38.6 Å². The fraction of sp³-hybridized carbons (Fsp3) is 0.324. The summed E-state index contributed by atoms with van der Waals surface area (Å²) in [5, 5.41) is 0. The lowest BCUT2D eigenvalue weighted by Gasteiger charge is -2.18. The molecule has 4 aromatic carbocycles. The van der Waals surface area contributed by atoms with Gasteiger partial charge in [-0.1, -0.05) is 42.5 Å². The van der Waals surface area contributed by atoms with Gasteiger partial charge in [-0.05, 0) is 72.0 Å². The van der Waals surface area contributed by atoms with Crippen LogP contribution in [0, 0.1) is 13.8 Å². The monoisotopic (exact) mass is 594 g/mol. The Morgan fingerprint density at radius 1 is 0.864 bits per heavy atom. The molecule has 228 valence electrons. The van der Waals surface area contributed by atoms with Crippen LogP contribution >= 0.6 is 0 Å². The zero-order valence-electron chi connectivity index (χ0n) is 25.5. The fourth-order valence-electron chi connectivity index (χ4n) is 5.93. The number of esters is 1. The smallest absolute Gasteiger partial charge is 0.306 e. The Balaban J connectivity index is 1.24. The molecule has 0 aromatic heterocycles. The molecule has 0 bridgehead atoms. The maximum absolute atomic E-state index is 11.8. The van der Waals surface area contributed by atoms with Crippen LogP contribution in [0.25, 0.3) is 11.1 Å². The highest BCUT2D eigenvalue weighted by atomic mass is 16.5. The number of carbonyl (C=O) groups is 1. The maximum atomic E-state index is 11.8. The summed E-state index contributed by atoms with van der Waals surface area (Å²) < 4.78 is 35.0. The number of carbonyl (C=O) groups excluding carboxylic acids is 1. The Labute approximate surface area is 258 Å². The topological polar surface area (TPSA) is 72.5 Å². The van der Waals surface area contributed by atoms with Crippen LogP contribution in [0.2, 0.25) is 0 Å². The van der Waals surface area contributed by atoms with E-state index in [1.165, 1.54) is 12.7 Å². The van der Waals surface area contributed by atoms with E-state index in [1.54, 1.807) is 0 Å². The first-order valence-electron chi connectivity index (χ1n) is 15.1. The van der Waals surface area contributed by atoms with Gasteiger partial charge in [-0.2, -0.15) is 0 Å². The van der Waals surface area contributed by atoms with Gasteiger partial charge in [-0.25, -0.2) is 0 Å². The van der Waals surface area contributed by atoms with Crippen molar-refractivity contribution in [1.29, 1.82) is 0 Å². The van der Waals surface area contributed by atoms with E-state index in [-0.39, 0.29) is 18.0 Å². The average Bonchev–Trinajstić information content (AvgIpc) is 3.69. The van der Waals surface area contributed by atoms with E-state index in [2.05, 4.69) is 50.2 Å². The van der Waals surface area contributed by atoms with Crippen LogP contribution in [0.5, 0.6) is 23.0 Å². The van der Waals surface area contributed by atoms with Crippen molar-refractivity contribution in [3.05, 3.63) is 107 Å². The van der Waals surface area contributed by atoms with Gasteiger partial charge in [0.15, 0.2) is 0 Å². The highest BCUT2D eigenvalue weighted by Gasteiger charge is 2.27. The lowest BCUT2D eigenvalue weighted by molar-refractivity contribution is -0.141. The Kier molecular flexibility index (Phi) is 9.03. The van der Waals surface area contributed by atoms with Crippen molar-refractivity contribution in [2.75, 3.05) is 26.9 Å². The number of methoxy groups -OCH3 is 1. The van der Waals surface area contributed by atoms with Crippen molar-refractivity contribution in [3.63, 3.8) is 0 Å². The minimum atomic E-state index is -0.245. The largest absolute Gasteiger partial charge is 0.492 e. The summed E-state index contributed by atoms with van der Waals surface area (Å²) in [6.07, 6.45) is 1.31. The van der Waals surface area contributed by atoms with Crippen LogP contribution in [-0.2, 0) is 27.5 Å². The standard InChI is InChI=1S/C37H38O7/c1-24-15-32(44-31-13-14-40-23-31)16-25(2)37(24)27-9-12-34(42-20-26-7-5-4-6-8-26)29(17-27)22-41-30-10-11-33-28(18-36(38)39-3)21-43-35(33)19-30/h4-12,15-17,19,28,31H,13-14,18,20-23H2,1-3H3/t28-,31?/m1/s1. The summed E-state index contributed by atoms with van der Waals surface area (Å²) in [4.78, 5) is 11.8. The first-order chi connectivity index (χ1) is 21.5. The molecule has 1 saturated heterocycles. The molecule has 0 amide bonds. The molecule has 7 nitrogen and oxygen atoms in total. The van der Waals surface area contributed by atoms with Gasteiger partial charge in [-0.3, -0.25) is 4.79 Å². The van der Waals surface area contributed by atoms with Gasteiger partial charge in [-0.15, -0.1) is 0 Å². The summed E-state index contributed by atoms with van der Waals surface area (Å²) in [6.45, 7) is 6.84. The molecule has 6 rings (SSSR count). The van der Waals surface area contributed by atoms with Gasteiger partial charge in [0.25, 0.3) is 0 Å². The van der Waals surface area contributed by atoms with Gasteiger partial charge >= 0.3 is 5.97 Å². The normalized spacial score (nSPS) is 17.1. The zero-order valence-corrected chi connectivity index (χ0v) is 25.5. The molecule has 7 heteroatoms. The molecule has 0 aliphatic carbocycles. The summed E-state index contributed by atoms with van der Waals surface area (Å²) in [7, 11) is 1.40. The number of rotatable bonds is 11. The Bertz CT molecular complexity index is 1580. The second-order valence-corrected chi connectivity index (χ2v) is 11.4. The van der Waals surface area contributed by atoms with Crippen LogP contribution in [0.15, 0.2) is 78.9 Å². The summed E-state index contributed by atoms with van der Waals surface area (Å²) in [5.74, 6) is 2.81. The lowest BCUT2D eigenvalue weighted by Crippen LogP contribution is -2.15. The third kappa shape index (κ3) is 6.84. The number of hydrogen-bond donors (Lipinski definition) is 0. The van der Waals surface area contributed by atoms with E-state index in [9.17, 15) is 4.79 Å². The van der Waals surface area contributed by atoms with Crippen LogP contribution < -0.4 is 18.9 Å². The number of benzene rings is 4. The minimum Gasteiger partial charge on any atom is -0.492 e. The molecule has 2 heterocycles. The average molecular weight is 595 g/mol. The highest BCUT2D eigenvalue weighted by Crippen LogP contribution is 2.39. The van der Waals surface area contributed by atoms with E-state index >= 15 is 0 Å². The second-order valence-electron chi connectivity index (χ2n) is 11.4. The molecule has 0 radical (unpaired) electrons. The molecule has 4 aromatic rings. The Morgan fingerprint density at radius 3 is 2.43 bits per heavy atom. The zero-order chi connectivity index (χ0) is 30.5. The van der Waals surface area contributed by atoms with Crippen LogP contribution in [0.4, 0.5) is 0 Å². The molecule has 1 fully saturated rings.